The molecule has 1 N–H and O–H groups in total. The maximum Gasteiger partial charge on any atom is 0.432 e. The van der Waals surface area contributed by atoms with Crippen molar-refractivity contribution in [2.24, 2.45) is 0 Å². The van der Waals surface area contributed by atoms with Gasteiger partial charge in [-0.2, -0.15) is 5.06 Å². The number of halogens is 2. The number of benzene rings is 1. The number of carbonyl (C=O) groups is 1. The molecule has 1 aromatic rings. The molecule has 1 heterocycles. The van der Waals surface area contributed by atoms with Crippen molar-refractivity contribution in [2.75, 3.05) is 6.61 Å². The maximum atomic E-state index is 13.0. The first-order valence-corrected chi connectivity index (χ1v) is 4.69. The van der Waals surface area contributed by atoms with Gasteiger partial charge in [0.1, 0.15) is 11.6 Å². The summed E-state index contributed by atoms with van der Waals surface area (Å²) in [6, 6.07) is 2.31. The second-order valence-electron chi connectivity index (χ2n) is 3.45. The van der Waals surface area contributed by atoms with Gasteiger partial charge in [0.15, 0.2) is 0 Å². The van der Waals surface area contributed by atoms with Gasteiger partial charge in [0.05, 0.1) is 12.6 Å². The van der Waals surface area contributed by atoms with Gasteiger partial charge >= 0.3 is 6.09 Å². The largest absolute Gasteiger partial charge is 0.463 e. The number of rotatable bonds is 1. The SMILES string of the molecule is O=C(O)N1OCCC1c1cc(F)cc(F)c1. The van der Waals surface area contributed by atoms with E-state index in [4.69, 9.17) is 9.94 Å². The number of carboxylic acid groups (broad SMARTS) is 1. The summed E-state index contributed by atoms with van der Waals surface area (Å²) in [4.78, 5) is 15.6. The van der Waals surface area contributed by atoms with Crippen LogP contribution in [-0.2, 0) is 4.84 Å². The third-order valence-corrected chi connectivity index (χ3v) is 2.36. The molecule has 1 fully saturated rings. The maximum absolute atomic E-state index is 13.0. The third kappa shape index (κ3) is 1.96. The van der Waals surface area contributed by atoms with Gasteiger partial charge in [-0.1, -0.05) is 0 Å². The Labute approximate surface area is 90.0 Å². The topological polar surface area (TPSA) is 49.8 Å². The molecule has 0 saturated carbocycles. The zero-order chi connectivity index (χ0) is 11.7. The Kier molecular flexibility index (Phi) is 2.74. The van der Waals surface area contributed by atoms with Gasteiger partial charge in [-0.05, 0) is 17.7 Å². The average molecular weight is 229 g/mol. The van der Waals surface area contributed by atoms with E-state index in [0.29, 0.717) is 11.5 Å². The van der Waals surface area contributed by atoms with Crippen LogP contribution in [0, 0.1) is 11.6 Å². The molecule has 0 aromatic heterocycles. The van der Waals surface area contributed by atoms with E-state index in [2.05, 4.69) is 0 Å². The lowest BCUT2D eigenvalue weighted by Crippen LogP contribution is -2.27. The third-order valence-electron chi connectivity index (χ3n) is 2.36. The quantitative estimate of drug-likeness (QED) is 0.803. The fraction of sp³-hybridized carbons (Fsp3) is 0.300. The average Bonchev–Trinajstić information content (AvgIpc) is 2.63. The lowest BCUT2D eigenvalue weighted by Gasteiger charge is -2.19. The first kappa shape index (κ1) is 10.8. The molecule has 0 bridgehead atoms. The Bertz CT molecular complexity index is 404. The van der Waals surface area contributed by atoms with Crippen molar-refractivity contribution in [2.45, 2.75) is 12.5 Å². The molecule has 4 nitrogen and oxygen atoms in total. The minimum Gasteiger partial charge on any atom is -0.463 e. The Balaban J connectivity index is 2.32. The Morgan fingerprint density at radius 2 is 2.00 bits per heavy atom. The smallest absolute Gasteiger partial charge is 0.432 e. The second-order valence-corrected chi connectivity index (χ2v) is 3.45. The molecule has 16 heavy (non-hydrogen) atoms. The number of hydroxylamine groups is 2. The summed E-state index contributed by atoms with van der Waals surface area (Å²) in [5.74, 6) is -1.46. The highest BCUT2D eigenvalue weighted by Crippen LogP contribution is 2.30. The first-order chi connectivity index (χ1) is 7.58. The normalized spacial score (nSPS) is 20.1. The van der Waals surface area contributed by atoms with Crippen molar-refractivity contribution in [1.82, 2.24) is 5.06 Å². The van der Waals surface area contributed by atoms with Crippen molar-refractivity contribution in [3.8, 4) is 0 Å². The highest BCUT2D eigenvalue weighted by Gasteiger charge is 2.32. The van der Waals surface area contributed by atoms with Gasteiger partial charge in [0, 0.05) is 12.5 Å². The van der Waals surface area contributed by atoms with Crippen molar-refractivity contribution in [3.05, 3.63) is 35.4 Å². The van der Waals surface area contributed by atoms with Gasteiger partial charge in [0.2, 0.25) is 0 Å². The number of amides is 1. The Morgan fingerprint density at radius 1 is 1.38 bits per heavy atom. The molecule has 1 atom stereocenters. The van der Waals surface area contributed by atoms with Crippen LogP contribution >= 0.6 is 0 Å². The molecule has 0 radical (unpaired) electrons. The predicted molar refractivity (Wildman–Crippen MR) is 49.5 cm³/mol. The lowest BCUT2D eigenvalue weighted by molar-refractivity contribution is -0.104. The van der Waals surface area contributed by atoms with Crippen LogP contribution in [0.5, 0.6) is 0 Å². The fourth-order valence-corrected chi connectivity index (χ4v) is 1.73. The minimum atomic E-state index is -1.27. The van der Waals surface area contributed by atoms with Crippen LogP contribution in [-0.4, -0.2) is 22.9 Å². The summed E-state index contributed by atoms with van der Waals surface area (Å²) in [5.41, 5.74) is 0.261. The van der Waals surface area contributed by atoms with Crippen LogP contribution < -0.4 is 0 Å². The summed E-state index contributed by atoms with van der Waals surface area (Å²) in [5, 5.41) is 9.51. The predicted octanol–water partition coefficient (Wildman–Crippen LogP) is 2.32. The lowest BCUT2D eigenvalue weighted by atomic mass is 10.0. The van der Waals surface area contributed by atoms with Crippen molar-refractivity contribution < 1.29 is 23.5 Å². The summed E-state index contributed by atoms with van der Waals surface area (Å²) in [6.45, 7) is 0.217. The molecule has 1 saturated heterocycles. The summed E-state index contributed by atoms with van der Waals surface area (Å²) in [7, 11) is 0. The molecule has 1 unspecified atom stereocenters. The summed E-state index contributed by atoms with van der Waals surface area (Å²) >= 11 is 0. The standard InChI is InChI=1S/C10H9F2NO3/c11-7-3-6(4-8(12)5-7)9-1-2-16-13(9)10(14)15/h3-5,9H,1-2H2,(H,14,15). The summed E-state index contributed by atoms with van der Waals surface area (Å²) < 4.78 is 25.9. The zero-order valence-electron chi connectivity index (χ0n) is 8.19. The van der Waals surface area contributed by atoms with Gasteiger partial charge in [0.25, 0.3) is 0 Å². The molecule has 1 aliphatic rings. The highest BCUT2D eigenvalue weighted by molar-refractivity contribution is 5.64. The monoisotopic (exact) mass is 229 g/mol. The van der Waals surface area contributed by atoms with E-state index in [0.717, 1.165) is 18.2 Å². The number of hydrogen-bond donors (Lipinski definition) is 1. The van der Waals surface area contributed by atoms with Crippen molar-refractivity contribution >= 4 is 6.09 Å². The van der Waals surface area contributed by atoms with E-state index in [-0.39, 0.29) is 12.2 Å². The molecular weight excluding hydrogens is 220 g/mol. The molecule has 86 valence electrons. The Hall–Kier alpha value is -1.69. The van der Waals surface area contributed by atoms with Gasteiger partial charge in [-0.15, -0.1) is 0 Å². The van der Waals surface area contributed by atoms with Crippen LogP contribution in [0.15, 0.2) is 18.2 Å². The Morgan fingerprint density at radius 3 is 2.56 bits per heavy atom. The van der Waals surface area contributed by atoms with Crippen LogP contribution in [0.4, 0.5) is 13.6 Å². The summed E-state index contributed by atoms with van der Waals surface area (Å²) in [6.07, 6.45) is -0.887. The van der Waals surface area contributed by atoms with E-state index >= 15 is 0 Å². The van der Waals surface area contributed by atoms with Gasteiger partial charge < -0.3 is 5.11 Å². The molecule has 6 heteroatoms. The molecule has 0 spiro atoms. The van der Waals surface area contributed by atoms with Crippen molar-refractivity contribution in [3.63, 3.8) is 0 Å². The van der Waals surface area contributed by atoms with E-state index in [1.54, 1.807) is 0 Å². The van der Waals surface area contributed by atoms with Gasteiger partial charge in [-0.3, -0.25) is 4.84 Å². The van der Waals surface area contributed by atoms with E-state index in [9.17, 15) is 13.6 Å². The fourth-order valence-electron chi connectivity index (χ4n) is 1.73. The number of hydrogen-bond acceptors (Lipinski definition) is 2. The first-order valence-electron chi connectivity index (χ1n) is 4.69. The molecule has 1 aliphatic heterocycles. The molecule has 1 aromatic carbocycles. The van der Waals surface area contributed by atoms with Crippen LogP contribution in [0.2, 0.25) is 0 Å². The molecule has 1 amide bonds. The molecule has 2 rings (SSSR count). The van der Waals surface area contributed by atoms with Crippen molar-refractivity contribution in [1.29, 1.82) is 0 Å². The second kappa shape index (κ2) is 4.05. The minimum absolute atomic E-state index is 0.217. The van der Waals surface area contributed by atoms with Crippen LogP contribution in [0.25, 0.3) is 0 Å². The van der Waals surface area contributed by atoms with E-state index in [1.807, 2.05) is 0 Å². The molecular formula is C10H9F2NO3. The van der Waals surface area contributed by atoms with E-state index in [1.165, 1.54) is 0 Å². The number of nitrogens with zero attached hydrogens (tertiary/aromatic N) is 1. The van der Waals surface area contributed by atoms with Crippen LogP contribution in [0.3, 0.4) is 0 Å². The highest BCUT2D eigenvalue weighted by atomic mass is 19.1. The van der Waals surface area contributed by atoms with E-state index < -0.39 is 23.8 Å². The van der Waals surface area contributed by atoms with Gasteiger partial charge in [-0.25, -0.2) is 13.6 Å². The molecule has 0 aliphatic carbocycles. The van der Waals surface area contributed by atoms with Crippen LogP contribution in [0.1, 0.15) is 18.0 Å². The zero-order valence-corrected chi connectivity index (χ0v) is 8.19.